The molecular weight excluding hydrogens is 258 g/mol. The SMILES string of the molecule is COc1ccc(Cl)c2[nH]c(CC(=O)O)cc(=O)c12. The van der Waals surface area contributed by atoms with Gasteiger partial charge in [0, 0.05) is 11.8 Å². The Labute approximate surface area is 107 Å². The number of halogens is 1. The lowest BCUT2D eigenvalue weighted by molar-refractivity contribution is -0.136. The molecule has 0 amide bonds. The third kappa shape index (κ3) is 2.17. The molecule has 2 aromatic rings. The maximum absolute atomic E-state index is 12.0. The van der Waals surface area contributed by atoms with Crippen LogP contribution in [0.25, 0.3) is 10.9 Å². The third-order valence-corrected chi connectivity index (χ3v) is 2.83. The number of nitrogens with one attached hydrogen (secondary N) is 1. The van der Waals surface area contributed by atoms with Crippen LogP contribution in [0.4, 0.5) is 0 Å². The normalized spacial score (nSPS) is 10.6. The maximum Gasteiger partial charge on any atom is 0.309 e. The van der Waals surface area contributed by atoms with Crippen molar-refractivity contribution in [3.63, 3.8) is 0 Å². The van der Waals surface area contributed by atoms with E-state index in [2.05, 4.69) is 4.98 Å². The summed E-state index contributed by atoms with van der Waals surface area (Å²) < 4.78 is 5.09. The molecule has 0 aliphatic heterocycles. The number of fused-ring (bicyclic) bond motifs is 1. The highest BCUT2D eigenvalue weighted by molar-refractivity contribution is 6.35. The van der Waals surface area contributed by atoms with Gasteiger partial charge in [0.2, 0.25) is 0 Å². The molecule has 1 aromatic heterocycles. The van der Waals surface area contributed by atoms with Gasteiger partial charge in [0.25, 0.3) is 0 Å². The van der Waals surface area contributed by atoms with Crippen LogP contribution >= 0.6 is 11.6 Å². The molecule has 0 aliphatic carbocycles. The number of carbonyl (C=O) groups is 1. The van der Waals surface area contributed by atoms with Crippen LogP contribution in [-0.4, -0.2) is 23.2 Å². The molecule has 6 heteroatoms. The third-order valence-electron chi connectivity index (χ3n) is 2.52. The Kier molecular flexibility index (Phi) is 3.25. The van der Waals surface area contributed by atoms with Crippen LogP contribution in [0.5, 0.6) is 5.75 Å². The number of methoxy groups -OCH3 is 1. The molecule has 1 aromatic carbocycles. The Morgan fingerprint density at radius 1 is 1.50 bits per heavy atom. The van der Waals surface area contributed by atoms with Crippen LogP contribution in [0.1, 0.15) is 5.69 Å². The van der Waals surface area contributed by atoms with Crippen molar-refractivity contribution in [2.45, 2.75) is 6.42 Å². The molecule has 0 spiro atoms. The highest BCUT2D eigenvalue weighted by atomic mass is 35.5. The van der Waals surface area contributed by atoms with Crippen molar-refractivity contribution in [2.75, 3.05) is 7.11 Å². The van der Waals surface area contributed by atoms with Crippen molar-refractivity contribution >= 4 is 28.5 Å². The highest BCUT2D eigenvalue weighted by Crippen LogP contribution is 2.27. The van der Waals surface area contributed by atoms with Gasteiger partial charge >= 0.3 is 5.97 Å². The summed E-state index contributed by atoms with van der Waals surface area (Å²) in [6.07, 6.45) is -0.265. The van der Waals surface area contributed by atoms with E-state index in [1.807, 2.05) is 0 Å². The number of ether oxygens (including phenoxy) is 1. The molecule has 0 saturated carbocycles. The summed E-state index contributed by atoms with van der Waals surface area (Å²) in [5, 5.41) is 9.38. The van der Waals surface area contributed by atoms with Crippen molar-refractivity contribution in [3.05, 3.63) is 39.1 Å². The first-order chi connectivity index (χ1) is 8.52. The Morgan fingerprint density at radius 2 is 2.22 bits per heavy atom. The molecule has 0 saturated heterocycles. The predicted octanol–water partition coefficient (Wildman–Crippen LogP) is 1.82. The standard InChI is InChI=1S/C12H10ClNO4/c1-18-9-3-2-7(13)12-11(9)8(15)4-6(14-12)5-10(16)17/h2-4H,5H2,1H3,(H,14,15)(H,16,17). The molecular formula is C12H10ClNO4. The Morgan fingerprint density at radius 3 is 2.83 bits per heavy atom. The van der Waals surface area contributed by atoms with Gasteiger partial charge in [-0.15, -0.1) is 0 Å². The van der Waals surface area contributed by atoms with Gasteiger partial charge in [0.1, 0.15) is 5.75 Å². The summed E-state index contributed by atoms with van der Waals surface area (Å²) in [5.74, 6) is -0.624. The van der Waals surface area contributed by atoms with Gasteiger partial charge in [-0.05, 0) is 12.1 Å². The van der Waals surface area contributed by atoms with Crippen molar-refractivity contribution in [1.29, 1.82) is 0 Å². The van der Waals surface area contributed by atoms with E-state index in [9.17, 15) is 9.59 Å². The van der Waals surface area contributed by atoms with Crippen LogP contribution in [-0.2, 0) is 11.2 Å². The van der Waals surface area contributed by atoms with Gasteiger partial charge in [-0.2, -0.15) is 0 Å². The molecule has 0 fully saturated rings. The number of aromatic amines is 1. The van der Waals surface area contributed by atoms with Crippen LogP contribution in [0, 0.1) is 0 Å². The fourth-order valence-electron chi connectivity index (χ4n) is 1.78. The van der Waals surface area contributed by atoms with E-state index in [4.69, 9.17) is 21.4 Å². The first-order valence-corrected chi connectivity index (χ1v) is 5.51. The lowest BCUT2D eigenvalue weighted by Gasteiger charge is -2.08. The Hall–Kier alpha value is -2.01. The second-order valence-electron chi connectivity index (χ2n) is 3.73. The zero-order chi connectivity index (χ0) is 13.3. The number of rotatable bonds is 3. The summed E-state index contributed by atoms with van der Waals surface area (Å²) in [6, 6.07) is 4.43. The molecule has 0 unspecified atom stereocenters. The van der Waals surface area contributed by atoms with Crippen molar-refractivity contribution in [1.82, 2.24) is 4.98 Å². The molecule has 2 rings (SSSR count). The smallest absolute Gasteiger partial charge is 0.309 e. The summed E-state index contributed by atoms with van der Waals surface area (Å²) in [7, 11) is 1.45. The number of carboxylic acids is 1. The van der Waals surface area contributed by atoms with Gasteiger partial charge in [-0.1, -0.05) is 11.6 Å². The zero-order valence-electron chi connectivity index (χ0n) is 9.49. The van der Waals surface area contributed by atoms with Gasteiger partial charge < -0.3 is 14.8 Å². The van der Waals surface area contributed by atoms with Crippen molar-refractivity contribution in [2.24, 2.45) is 0 Å². The first kappa shape index (κ1) is 12.4. The fraction of sp³-hybridized carbons (Fsp3) is 0.167. The molecule has 0 atom stereocenters. The number of aromatic nitrogens is 1. The van der Waals surface area contributed by atoms with Crippen LogP contribution in [0.3, 0.4) is 0 Å². The summed E-state index contributed by atoms with van der Waals surface area (Å²) in [4.78, 5) is 25.5. The Balaban J connectivity index is 2.76. The summed E-state index contributed by atoms with van der Waals surface area (Å²) in [5.41, 5.74) is 0.370. The monoisotopic (exact) mass is 267 g/mol. The van der Waals surface area contributed by atoms with Crippen LogP contribution in [0.2, 0.25) is 5.02 Å². The van der Waals surface area contributed by atoms with E-state index in [1.54, 1.807) is 12.1 Å². The average Bonchev–Trinajstić information content (AvgIpc) is 2.29. The minimum atomic E-state index is -1.02. The van der Waals surface area contributed by atoms with E-state index in [0.29, 0.717) is 27.4 Å². The molecule has 1 heterocycles. The number of pyridine rings is 1. The predicted molar refractivity (Wildman–Crippen MR) is 67.5 cm³/mol. The highest BCUT2D eigenvalue weighted by Gasteiger charge is 2.12. The first-order valence-electron chi connectivity index (χ1n) is 5.13. The van der Waals surface area contributed by atoms with E-state index < -0.39 is 5.97 Å². The van der Waals surface area contributed by atoms with E-state index in [0.717, 1.165) is 0 Å². The minimum Gasteiger partial charge on any atom is -0.496 e. The second kappa shape index (κ2) is 4.70. The fourth-order valence-corrected chi connectivity index (χ4v) is 1.99. The molecule has 2 N–H and O–H groups in total. The number of benzene rings is 1. The van der Waals surface area contributed by atoms with Gasteiger partial charge in [-0.25, -0.2) is 0 Å². The number of hydrogen-bond acceptors (Lipinski definition) is 3. The second-order valence-corrected chi connectivity index (χ2v) is 4.14. The molecule has 18 heavy (non-hydrogen) atoms. The topological polar surface area (TPSA) is 79.4 Å². The zero-order valence-corrected chi connectivity index (χ0v) is 10.2. The molecule has 0 radical (unpaired) electrons. The average molecular weight is 268 g/mol. The minimum absolute atomic E-state index is 0.265. The number of hydrogen-bond donors (Lipinski definition) is 2. The van der Waals surface area contributed by atoms with Crippen molar-refractivity contribution in [3.8, 4) is 5.75 Å². The maximum atomic E-state index is 12.0. The number of H-pyrrole nitrogens is 1. The molecule has 0 bridgehead atoms. The largest absolute Gasteiger partial charge is 0.496 e. The van der Waals surface area contributed by atoms with Crippen LogP contribution in [0.15, 0.2) is 23.0 Å². The number of aliphatic carboxylic acids is 1. The van der Waals surface area contributed by atoms with E-state index in [1.165, 1.54) is 13.2 Å². The lowest BCUT2D eigenvalue weighted by Crippen LogP contribution is -2.10. The Bertz CT molecular complexity index is 678. The lowest BCUT2D eigenvalue weighted by atomic mass is 10.1. The quantitative estimate of drug-likeness (QED) is 0.889. The molecule has 0 aliphatic rings. The van der Waals surface area contributed by atoms with Gasteiger partial charge in [0.05, 0.1) is 29.5 Å². The van der Waals surface area contributed by atoms with Crippen molar-refractivity contribution < 1.29 is 14.6 Å². The van der Waals surface area contributed by atoms with Gasteiger partial charge in [-0.3, -0.25) is 9.59 Å². The van der Waals surface area contributed by atoms with Gasteiger partial charge in [0.15, 0.2) is 5.43 Å². The van der Waals surface area contributed by atoms with E-state index in [-0.39, 0.29) is 11.8 Å². The van der Waals surface area contributed by atoms with E-state index >= 15 is 0 Å². The van der Waals surface area contributed by atoms with Crippen LogP contribution < -0.4 is 10.2 Å². The molecule has 94 valence electrons. The number of carboxylic acid groups (broad SMARTS) is 1. The summed E-state index contributed by atoms with van der Waals surface area (Å²) >= 11 is 5.99. The summed E-state index contributed by atoms with van der Waals surface area (Å²) in [6.45, 7) is 0. The molecule has 5 nitrogen and oxygen atoms in total.